The van der Waals surface area contributed by atoms with Crippen LogP contribution in [0, 0.1) is 0 Å². The molecular weight excluding hydrogens is 329 g/mol. The summed E-state index contributed by atoms with van der Waals surface area (Å²) in [4.78, 5) is 11.8. The van der Waals surface area contributed by atoms with Crippen LogP contribution in [-0.4, -0.2) is 38.0 Å². The van der Waals surface area contributed by atoms with Gasteiger partial charge in [0.1, 0.15) is 11.8 Å². The van der Waals surface area contributed by atoms with E-state index >= 15 is 0 Å². The molecule has 1 N–H and O–H groups in total. The van der Waals surface area contributed by atoms with Crippen molar-refractivity contribution in [3.8, 4) is 5.75 Å². The van der Waals surface area contributed by atoms with Crippen LogP contribution < -0.4 is 9.61 Å². The van der Waals surface area contributed by atoms with Gasteiger partial charge < -0.3 is 14.0 Å². The van der Waals surface area contributed by atoms with E-state index in [0.717, 1.165) is 12.8 Å². The van der Waals surface area contributed by atoms with Gasteiger partial charge in [-0.2, -0.15) is 0 Å². The molecule has 0 aliphatic heterocycles. The third-order valence-corrected chi connectivity index (χ3v) is 5.26. The minimum atomic E-state index is -3.30. The zero-order valence-electron chi connectivity index (χ0n) is 14.7. The van der Waals surface area contributed by atoms with Crippen LogP contribution in [0.1, 0.15) is 33.6 Å². The highest BCUT2D eigenvalue weighted by Crippen LogP contribution is 2.43. The number of hydrogen-bond acceptors (Lipinski definition) is 5. The summed E-state index contributed by atoms with van der Waals surface area (Å²) in [6, 6.07) is 8.16. The van der Waals surface area contributed by atoms with E-state index in [0.29, 0.717) is 19.0 Å². The Morgan fingerprint density at radius 3 is 2.54 bits per heavy atom. The fourth-order valence-electron chi connectivity index (χ4n) is 1.94. The highest BCUT2D eigenvalue weighted by atomic mass is 31.2. The molecule has 1 aromatic carbocycles. The SMILES string of the molecule is CCCCOCCP(=O)(N[C@@H](C)C(=O)OCC)Oc1ccccc1. The summed E-state index contributed by atoms with van der Waals surface area (Å²) in [5.41, 5.74) is 0. The lowest BCUT2D eigenvalue weighted by Gasteiger charge is -2.23. The molecule has 2 atom stereocenters. The van der Waals surface area contributed by atoms with Crippen LogP contribution in [-0.2, 0) is 18.8 Å². The molecule has 0 bridgehead atoms. The van der Waals surface area contributed by atoms with Gasteiger partial charge >= 0.3 is 13.5 Å². The Kier molecular flexibility index (Phi) is 9.69. The molecule has 0 saturated carbocycles. The van der Waals surface area contributed by atoms with Crippen molar-refractivity contribution < 1.29 is 23.4 Å². The Morgan fingerprint density at radius 2 is 1.92 bits per heavy atom. The summed E-state index contributed by atoms with van der Waals surface area (Å²) in [6.07, 6.45) is 2.17. The van der Waals surface area contributed by atoms with Gasteiger partial charge in [-0.25, -0.2) is 5.09 Å². The molecule has 6 nitrogen and oxygen atoms in total. The second-order valence-corrected chi connectivity index (χ2v) is 7.60. The monoisotopic (exact) mass is 357 g/mol. The Morgan fingerprint density at radius 1 is 1.21 bits per heavy atom. The van der Waals surface area contributed by atoms with Gasteiger partial charge in [-0.1, -0.05) is 31.5 Å². The van der Waals surface area contributed by atoms with Crippen LogP contribution in [0.4, 0.5) is 0 Å². The molecule has 24 heavy (non-hydrogen) atoms. The second-order valence-electron chi connectivity index (χ2n) is 5.37. The lowest BCUT2D eigenvalue weighted by atomic mass is 10.3. The van der Waals surface area contributed by atoms with Crippen molar-refractivity contribution in [3.05, 3.63) is 30.3 Å². The number of esters is 1. The predicted octanol–water partition coefficient (Wildman–Crippen LogP) is 3.62. The fraction of sp³-hybridized carbons (Fsp3) is 0.588. The number of carbonyl (C=O) groups excluding carboxylic acids is 1. The number of ether oxygens (including phenoxy) is 2. The summed E-state index contributed by atoms with van der Waals surface area (Å²) < 4.78 is 29.2. The van der Waals surface area contributed by atoms with Crippen LogP contribution in [0.5, 0.6) is 5.75 Å². The molecule has 0 amide bonds. The van der Waals surface area contributed by atoms with Crippen molar-refractivity contribution in [2.45, 2.75) is 39.7 Å². The normalized spacial score (nSPS) is 14.6. The maximum absolute atomic E-state index is 13.1. The number of unbranched alkanes of at least 4 members (excludes halogenated alkanes) is 1. The molecule has 0 spiro atoms. The fourth-order valence-corrected chi connectivity index (χ4v) is 3.74. The van der Waals surface area contributed by atoms with Gasteiger partial charge in [0, 0.05) is 6.61 Å². The van der Waals surface area contributed by atoms with E-state index in [1.165, 1.54) is 0 Å². The van der Waals surface area contributed by atoms with Gasteiger partial charge in [-0.15, -0.1) is 0 Å². The van der Waals surface area contributed by atoms with Crippen LogP contribution in [0.15, 0.2) is 30.3 Å². The van der Waals surface area contributed by atoms with Gasteiger partial charge in [-0.3, -0.25) is 9.36 Å². The van der Waals surface area contributed by atoms with Gasteiger partial charge in [-0.05, 0) is 32.4 Å². The largest absolute Gasteiger partial charge is 0.465 e. The third kappa shape index (κ3) is 7.95. The number of hydrogen-bond donors (Lipinski definition) is 1. The zero-order valence-corrected chi connectivity index (χ0v) is 15.6. The first-order valence-electron chi connectivity index (χ1n) is 8.36. The van der Waals surface area contributed by atoms with Gasteiger partial charge in [0.2, 0.25) is 0 Å². The van der Waals surface area contributed by atoms with Crippen molar-refractivity contribution in [1.29, 1.82) is 0 Å². The second kappa shape index (κ2) is 11.2. The Balaban J connectivity index is 2.70. The van der Waals surface area contributed by atoms with Crippen molar-refractivity contribution in [2.24, 2.45) is 0 Å². The number of nitrogens with one attached hydrogen (secondary N) is 1. The van der Waals surface area contributed by atoms with Gasteiger partial charge in [0.05, 0.1) is 19.4 Å². The Bertz CT molecular complexity index is 523. The summed E-state index contributed by atoms with van der Waals surface area (Å²) >= 11 is 0. The molecule has 7 heteroatoms. The van der Waals surface area contributed by atoms with Crippen LogP contribution >= 0.6 is 7.52 Å². The van der Waals surface area contributed by atoms with E-state index < -0.39 is 19.5 Å². The zero-order chi connectivity index (χ0) is 17.8. The first-order chi connectivity index (χ1) is 11.5. The Labute approximate surface area is 144 Å². The standard InChI is InChI=1S/C17H28NO5P/c1-4-6-12-21-13-14-24(20,18-15(3)17(19)22-5-2)23-16-10-8-7-9-11-16/h7-11,15H,4-6,12-14H2,1-3H3,(H,18,20)/t15-,24?/m0/s1. The van der Waals surface area contributed by atoms with E-state index in [1.54, 1.807) is 38.1 Å². The molecule has 0 aromatic heterocycles. The van der Waals surface area contributed by atoms with E-state index in [2.05, 4.69) is 12.0 Å². The van der Waals surface area contributed by atoms with Crippen molar-refractivity contribution >= 4 is 13.5 Å². The molecule has 1 aromatic rings. The molecule has 0 heterocycles. The van der Waals surface area contributed by atoms with E-state index in [4.69, 9.17) is 14.0 Å². The highest BCUT2D eigenvalue weighted by molar-refractivity contribution is 7.57. The molecule has 1 unspecified atom stereocenters. The quantitative estimate of drug-likeness (QED) is 0.350. The van der Waals surface area contributed by atoms with E-state index in [9.17, 15) is 9.36 Å². The van der Waals surface area contributed by atoms with Gasteiger partial charge in [0.25, 0.3) is 0 Å². The maximum atomic E-state index is 13.1. The predicted molar refractivity (Wildman–Crippen MR) is 94.5 cm³/mol. The molecule has 0 fully saturated rings. The molecule has 0 aliphatic carbocycles. The number of rotatable bonds is 12. The average molecular weight is 357 g/mol. The maximum Gasteiger partial charge on any atom is 0.323 e. The summed E-state index contributed by atoms with van der Waals surface area (Å²) in [5, 5.41) is 2.80. The third-order valence-electron chi connectivity index (χ3n) is 3.20. The van der Waals surface area contributed by atoms with Crippen molar-refractivity contribution in [1.82, 2.24) is 5.09 Å². The minimum absolute atomic E-state index is 0.176. The molecule has 0 aliphatic rings. The Hall–Kier alpha value is -1.36. The van der Waals surface area contributed by atoms with Crippen LogP contribution in [0.3, 0.4) is 0 Å². The lowest BCUT2D eigenvalue weighted by Crippen LogP contribution is -2.35. The number of para-hydroxylation sites is 1. The molecule has 0 saturated heterocycles. The smallest absolute Gasteiger partial charge is 0.323 e. The lowest BCUT2D eigenvalue weighted by molar-refractivity contribution is -0.144. The summed E-state index contributed by atoms with van der Waals surface area (Å²) in [6.45, 7) is 6.61. The van der Waals surface area contributed by atoms with Crippen LogP contribution in [0.25, 0.3) is 0 Å². The highest BCUT2D eigenvalue weighted by Gasteiger charge is 2.30. The number of benzene rings is 1. The molecule has 0 radical (unpaired) electrons. The van der Waals surface area contributed by atoms with E-state index in [-0.39, 0.29) is 12.8 Å². The van der Waals surface area contributed by atoms with Crippen molar-refractivity contribution in [3.63, 3.8) is 0 Å². The molecule has 136 valence electrons. The number of carbonyl (C=O) groups is 1. The van der Waals surface area contributed by atoms with Gasteiger partial charge in [0.15, 0.2) is 0 Å². The first-order valence-corrected chi connectivity index (χ1v) is 10.2. The molecule has 1 rings (SSSR count). The topological polar surface area (TPSA) is 73.9 Å². The van der Waals surface area contributed by atoms with E-state index in [1.807, 2.05) is 6.07 Å². The van der Waals surface area contributed by atoms with Crippen molar-refractivity contribution in [2.75, 3.05) is 26.0 Å². The molecular formula is C17H28NO5P. The summed E-state index contributed by atoms with van der Waals surface area (Å²) in [7, 11) is -3.30. The summed E-state index contributed by atoms with van der Waals surface area (Å²) in [5.74, 6) is 0.0271. The average Bonchev–Trinajstić information content (AvgIpc) is 2.55. The first kappa shape index (κ1) is 20.7. The minimum Gasteiger partial charge on any atom is -0.465 e. The van der Waals surface area contributed by atoms with Crippen LogP contribution in [0.2, 0.25) is 0 Å².